The molecular formula is C39H36BrN. The molecule has 5 aromatic carbocycles. The summed E-state index contributed by atoms with van der Waals surface area (Å²) in [6.45, 7) is 14.5. The van der Waals surface area contributed by atoms with Crippen molar-refractivity contribution in [2.24, 2.45) is 5.41 Å². The summed E-state index contributed by atoms with van der Waals surface area (Å²) in [7, 11) is 0. The standard InChI is InChI=1S/C39H36BrN/c1-37(2)32-23-30(34(40)24-33(32)38(3,4)39(37,5)6)27-14-12-13-25(21-27)26-19-20-36-31(22-26)29-17-10-11-18-35(29)41(36)28-15-8-7-9-16-28/h7-24H,1-6H3. The van der Waals surface area contributed by atoms with Crippen molar-refractivity contribution in [2.75, 3.05) is 0 Å². The summed E-state index contributed by atoms with van der Waals surface area (Å²) in [6.07, 6.45) is 0. The summed E-state index contributed by atoms with van der Waals surface area (Å²) in [5, 5.41) is 2.55. The second-order valence-corrected chi connectivity index (χ2v) is 14.1. The topological polar surface area (TPSA) is 4.93 Å². The van der Waals surface area contributed by atoms with E-state index in [2.05, 4.69) is 171 Å². The Bertz CT molecular complexity index is 1970. The molecule has 41 heavy (non-hydrogen) atoms. The maximum Gasteiger partial charge on any atom is 0.0541 e. The van der Waals surface area contributed by atoms with Crippen molar-refractivity contribution in [2.45, 2.75) is 52.4 Å². The molecule has 1 aliphatic carbocycles. The summed E-state index contributed by atoms with van der Waals surface area (Å²) in [4.78, 5) is 0. The molecule has 1 aromatic heterocycles. The number of fused-ring (bicyclic) bond motifs is 4. The molecule has 0 atom stereocenters. The molecule has 0 saturated carbocycles. The molecule has 1 heterocycles. The molecule has 0 radical (unpaired) electrons. The van der Waals surface area contributed by atoms with Crippen LogP contribution in [-0.2, 0) is 10.8 Å². The Morgan fingerprint density at radius 2 is 1.12 bits per heavy atom. The van der Waals surface area contributed by atoms with Crippen molar-refractivity contribution in [1.82, 2.24) is 4.57 Å². The molecule has 1 nitrogen and oxygen atoms in total. The lowest BCUT2D eigenvalue weighted by Crippen LogP contribution is -2.42. The Morgan fingerprint density at radius 1 is 0.512 bits per heavy atom. The molecule has 0 unspecified atom stereocenters. The second-order valence-electron chi connectivity index (χ2n) is 13.3. The normalized spacial score (nSPS) is 16.8. The van der Waals surface area contributed by atoms with E-state index >= 15 is 0 Å². The Kier molecular flexibility index (Phi) is 5.73. The molecule has 204 valence electrons. The largest absolute Gasteiger partial charge is 0.309 e. The van der Waals surface area contributed by atoms with Crippen molar-refractivity contribution < 1.29 is 0 Å². The van der Waals surface area contributed by atoms with Gasteiger partial charge in [-0.3, -0.25) is 0 Å². The van der Waals surface area contributed by atoms with Crippen molar-refractivity contribution in [3.8, 4) is 27.9 Å². The molecule has 0 spiro atoms. The number of aromatic nitrogens is 1. The fourth-order valence-electron chi connectivity index (χ4n) is 7.16. The molecule has 6 aromatic rings. The highest BCUT2D eigenvalue weighted by atomic mass is 79.9. The van der Waals surface area contributed by atoms with Gasteiger partial charge in [0.1, 0.15) is 0 Å². The van der Waals surface area contributed by atoms with E-state index in [4.69, 9.17) is 0 Å². The van der Waals surface area contributed by atoms with Crippen LogP contribution in [0.15, 0.2) is 114 Å². The first-order valence-electron chi connectivity index (χ1n) is 14.6. The van der Waals surface area contributed by atoms with Gasteiger partial charge in [-0.15, -0.1) is 0 Å². The van der Waals surface area contributed by atoms with Crippen LogP contribution < -0.4 is 0 Å². The molecule has 0 fully saturated rings. The highest BCUT2D eigenvalue weighted by Crippen LogP contribution is 2.62. The van der Waals surface area contributed by atoms with Crippen LogP contribution in [0.4, 0.5) is 0 Å². The third-order valence-electron chi connectivity index (χ3n) is 10.8. The lowest BCUT2D eigenvalue weighted by atomic mass is 9.59. The Labute approximate surface area is 252 Å². The minimum atomic E-state index is 0.0664. The molecular weight excluding hydrogens is 562 g/mol. The van der Waals surface area contributed by atoms with Gasteiger partial charge in [-0.2, -0.15) is 0 Å². The Hall–Kier alpha value is -3.62. The third kappa shape index (κ3) is 3.66. The summed E-state index contributed by atoms with van der Waals surface area (Å²) in [5.74, 6) is 0. The van der Waals surface area contributed by atoms with Crippen LogP contribution in [0.5, 0.6) is 0 Å². The van der Waals surface area contributed by atoms with E-state index in [0.717, 1.165) is 4.47 Å². The van der Waals surface area contributed by atoms with Gasteiger partial charge in [-0.1, -0.05) is 118 Å². The number of nitrogens with zero attached hydrogens (tertiary/aromatic N) is 1. The minimum Gasteiger partial charge on any atom is -0.309 e. The van der Waals surface area contributed by atoms with Gasteiger partial charge < -0.3 is 4.57 Å². The highest BCUT2D eigenvalue weighted by molar-refractivity contribution is 9.10. The minimum absolute atomic E-state index is 0.0664. The molecule has 2 heteroatoms. The maximum atomic E-state index is 3.98. The molecule has 0 bridgehead atoms. The second kappa shape index (κ2) is 8.94. The van der Waals surface area contributed by atoms with Gasteiger partial charge in [0.05, 0.1) is 11.0 Å². The summed E-state index contributed by atoms with van der Waals surface area (Å²) in [5.41, 5.74) is 11.8. The lowest BCUT2D eigenvalue weighted by Gasteiger charge is -2.44. The van der Waals surface area contributed by atoms with Crippen LogP contribution in [-0.4, -0.2) is 4.57 Å². The lowest BCUT2D eigenvalue weighted by molar-refractivity contribution is 0.125. The van der Waals surface area contributed by atoms with Crippen molar-refractivity contribution in [1.29, 1.82) is 0 Å². The van der Waals surface area contributed by atoms with Crippen LogP contribution >= 0.6 is 15.9 Å². The molecule has 1 aliphatic rings. The third-order valence-corrected chi connectivity index (χ3v) is 11.4. The average Bonchev–Trinajstić information content (AvgIpc) is 3.35. The number of para-hydroxylation sites is 2. The summed E-state index contributed by atoms with van der Waals surface area (Å²) < 4.78 is 3.54. The van der Waals surface area contributed by atoms with Gasteiger partial charge in [-0.05, 0) is 98.2 Å². The molecule has 0 saturated heterocycles. The Balaban J connectivity index is 1.37. The zero-order valence-electron chi connectivity index (χ0n) is 24.7. The smallest absolute Gasteiger partial charge is 0.0541 e. The maximum absolute atomic E-state index is 3.98. The molecule has 0 N–H and O–H groups in total. The quantitative estimate of drug-likeness (QED) is 0.191. The van der Waals surface area contributed by atoms with Gasteiger partial charge in [0.25, 0.3) is 0 Å². The molecule has 0 amide bonds. The Morgan fingerprint density at radius 3 is 1.88 bits per heavy atom. The van der Waals surface area contributed by atoms with Crippen LogP contribution in [0.3, 0.4) is 0 Å². The van der Waals surface area contributed by atoms with Crippen molar-refractivity contribution >= 4 is 37.7 Å². The predicted octanol–water partition coefficient (Wildman–Crippen LogP) is 11.5. The van der Waals surface area contributed by atoms with Crippen LogP contribution in [0.25, 0.3) is 49.7 Å². The number of benzene rings is 5. The van der Waals surface area contributed by atoms with E-state index in [0.29, 0.717) is 0 Å². The van der Waals surface area contributed by atoms with Crippen LogP contribution in [0, 0.1) is 5.41 Å². The van der Waals surface area contributed by atoms with Crippen molar-refractivity contribution in [3.63, 3.8) is 0 Å². The van der Waals surface area contributed by atoms with Gasteiger partial charge in [0, 0.05) is 20.9 Å². The predicted molar refractivity (Wildman–Crippen MR) is 179 cm³/mol. The van der Waals surface area contributed by atoms with Crippen molar-refractivity contribution in [3.05, 3.63) is 125 Å². The van der Waals surface area contributed by atoms with E-state index in [1.54, 1.807) is 0 Å². The fraction of sp³-hybridized carbons (Fsp3) is 0.231. The fourth-order valence-corrected chi connectivity index (χ4v) is 7.73. The number of rotatable bonds is 3. The van der Waals surface area contributed by atoms with Gasteiger partial charge in [0.2, 0.25) is 0 Å². The first-order chi connectivity index (χ1) is 19.5. The summed E-state index contributed by atoms with van der Waals surface area (Å²) in [6, 6.07) is 40.2. The first kappa shape index (κ1) is 26.3. The first-order valence-corrected chi connectivity index (χ1v) is 15.4. The van der Waals surface area contributed by atoms with Gasteiger partial charge >= 0.3 is 0 Å². The van der Waals surface area contributed by atoms with Gasteiger partial charge in [-0.25, -0.2) is 0 Å². The van der Waals surface area contributed by atoms with E-state index in [-0.39, 0.29) is 16.2 Å². The SMILES string of the molecule is CC1(C)c2cc(Br)c(-c3cccc(-c4ccc5c(c4)c4ccccc4n5-c4ccccc4)c3)cc2C(C)(C)C1(C)C. The van der Waals surface area contributed by atoms with Crippen LogP contribution in [0.2, 0.25) is 0 Å². The number of halogens is 1. The zero-order valence-corrected chi connectivity index (χ0v) is 26.3. The molecule has 7 rings (SSSR count). The van der Waals surface area contributed by atoms with Gasteiger partial charge in [0.15, 0.2) is 0 Å². The van der Waals surface area contributed by atoms with E-state index in [1.807, 2.05) is 0 Å². The van der Waals surface area contributed by atoms with E-state index < -0.39 is 0 Å². The molecule has 0 aliphatic heterocycles. The number of hydrogen-bond donors (Lipinski definition) is 0. The number of hydrogen-bond acceptors (Lipinski definition) is 0. The summed E-state index contributed by atoms with van der Waals surface area (Å²) >= 11 is 3.98. The highest BCUT2D eigenvalue weighted by Gasteiger charge is 2.56. The van der Waals surface area contributed by atoms with E-state index in [1.165, 1.54) is 60.9 Å². The zero-order chi connectivity index (χ0) is 28.7. The average molecular weight is 599 g/mol. The van der Waals surface area contributed by atoms with Crippen LogP contribution in [0.1, 0.15) is 52.7 Å². The van der Waals surface area contributed by atoms with E-state index in [9.17, 15) is 0 Å². The monoisotopic (exact) mass is 597 g/mol.